The summed E-state index contributed by atoms with van der Waals surface area (Å²) in [7, 11) is 0. The van der Waals surface area contributed by atoms with Crippen molar-refractivity contribution >= 4 is 0 Å². The van der Waals surface area contributed by atoms with E-state index in [4.69, 9.17) is 9.47 Å². The largest absolute Gasteiger partial charge is 0.377 e. The highest BCUT2D eigenvalue weighted by Crippen LogP contribution is 2.53. The first kappa shape index (κ1) is 16.2. The van der Waals surface area contributed by atoms with Gasteiger partial charge in [-0.1, -0.05) is 48.5 Å². The topological polar surface area (TPSA) is 18.5 Å². The minimum absolute atomic E-state index is 0.0406. The molecule has 2 aromatic carbocycles. The summed E-state index contributed by atoms with van der Waals surface area (Å²) in [6.45, 7) is 9.87. The van der Waals surface area contributed by atoms with E-state index in [1.165, 1.54) is 22.3 Å². The van der Waals surface area contributed by atoms with Crippen LogP contribution < -0.4 is 0 Å². The number of fused-ring (bicyclic) bond motifs is 3. The van der Waals surface area contributed by atoms with E-state index >= 15 is 0 Å². The highest BCUT2D eigenvalue weighted by molar-refractivity contribution is 5.81. The van der Waals surface area contributed by atoms with E-state index in [0.717, 1.165) is 0 Å². The zero-order chi connectivity index (χ0) is 16.4. The monoisotopic (exact) mass is 310 g/mol. The van der Waals surface area contributed by atoms with Crippen LogP contribution in [0.4, 0.5) is 0 Å². The zero-order valence-electron chi connectivity index (χ0n) is 14.5. The molecule has 0 radical (unpaired) electrons. The van der Waals surface area contributed by atoms with Crippen molar-refractivity contribution in [3.63, 3.8) is 0 Å². The molecule has 23 heavy (non-hydrogen) atoms. The maximum atomic E-state index is 6.13. The van der Waals surface area contributed by atoms with E-state index in [0.29, 0.717) is 13.2 Å². The highest BCUT2D eigenvalue weighted by Gasteiger charge is 2.51. The fourth-order valence-electron chi connectivity index (χ4n) is 4.27. The van der Waals surface area contributed by atoms with Crippen LogP contribution in [0.1, 0.15) is 38.8 Å². The second-order valence-electron chi connectivity index (χ2n) is 6.16. The third-order valence-corrected chi connectivity index (χ3v) is 5.15. The van der Waals surface area contributed by atoms with Gasteiger partial charge in [-0.25, -0.2) is 0 Å². The molecule has 0 N–H and O–H groups in total. The number of benzene rings is 2. The van der Waals surface area contributed by atoms with Crippen LogP contribution in [0.5, 0.6) is 0 Å². The van der Waals surface area contributed by atoms with Crippen LogP contribution in [0, 0.1) is 0 Å². The van der Waals surface area contributed by atoms with Gasteiger partial charge in [0.15, 0.2) is 0 Å². The van der Waals surface area contributed by atoms with Gasteiger partial charge in [0.25, 0.3) is 0 Å². The fraction of sp³-hybridized carbons (Fsp3) is 0.429. The molecule has 0 amide bonds. The highest BCUT2D eigenvalue weighted by atomic mass is 16.5. The molecular weight excluding hydrogens is 284 g/mol. The predicted octanol–water partition coefficient (Wildman–Crippen LogP) is 4.80. The van der Waals surface area contributed by atoms with Crippen LogP contribution in [-0.2, 0) is 14.9 Å². The molecule has 2 heteroatoms. The zero-order valence-corrected chi connectivity index (χ0v) is 14.5. The van der Waals surface area contributed by atoms with Gasteiger partial charge in [-0.15, -0.1) is 0 Å². The molecule has 0 saturated carbocycles. The molecule has 1 aliphatic rings. The Kier molecular flexibility index (Phi) is 4.56. The van der Waals surface area contributed by atoms with Gasteiger partial charge in [-0.3, -0.25) is 0 Å². The summed E-state index contributed by atoms with van der Waals surface area (Å²) < 4.78 is 12.3. The molecule has 2 unspecified atom stereocenters. The number of hydrogen-bond donors (Lipinski definition) is 0. The van der Waals surface area contributed by atoms with Gasteiger partial charge in [0, 0.05) is 13.2 Å². The van der Waals surface area contributed by atoms with E-state index in [9.17, 15) is 0 Å². The van der Waals surface area contributed by atoms with Crippen molar-refractivity contribution in [2.75, 3.05) is 13.2 Å². The summed E-state index contributed by atoms with van der Waals surface area (Å²) >= 11 is 0. The molecule has 0 aromatic heterocycles. The van der Waals surface area contributed by atoms with Crippen molar-refractivity contribution in [2.45, 2.75) is 45.3 Å². The Morgan fingerprint density at radius 3 is 1.52 bits per heavy atom. The summed E-state index contributed by atoms with van der Waals surface area (Å²) in [5.74, 6) is 0. The van der Waals surface area contributed by atoms with Crippen LogP contribution in [0.25, 0.3) is 11.1 Å². The summed E-state index contributed by atoms with van der Waals surface area (Å²) in [6, 6.07) is 17.4. The van der Waals surface area contributed by atoms with E-state index in [2.05, 4.69) is 76.2 Å². The third-order valence-electron chi connectivity index (χ3n) is 5.15. The first-order valence-corrected chi connectivity index (χ1v) is 8.60. The molecule has 2 aromatic rings. The third kappa shape index (κ3) is 2.32. The average molecular weight is 310 g/mol. The number of ether oxygens (including phenoxy) is 2. The van der Waals surface area contributed by atoms with E-state index in [-0.39, 0.29) is 17.6 Å². The van der Waals surface area contributed by atoms with E-state index in [1.54, 1.807) is 0 Å². The van der Waals surface area contributed by atoms with Gasteiger partial charge in [-0.05, 0) is 49.9 Å². The molecule has 0 heterocycles. The normalized spacial score (nSPS) is 17.4. The first-order valence-electron chi connectivity index (χ1n) is 8.60. The molecule has 0 fully saturated rings. The summed E-state index contributed by atoms with van der Waals surface area (Å²) in [5.41, 5.74) is 4.99. The Hall–Kier alpha value is -1.64. The van der Waals surface area contributed by atoms with Gasteiger partial charge < -0.3 is 9.47 Å². The van der Waals surface area contributed by atoms with Crippen LogP contribution >= 0.6 is 0 Å². The SMILES string of the molecule is CCOC(C)C1(C(C)OCC)c2ccccc2-c2ccccc21. The Morgan fingerprint density at radius 1 is 0.739 bits per heavy atom. The Labute approximate surface area is 139 Å². The van der Waals surface area contributed by atoms with Crippen LogP contribution in [0.15, 0.2) is 48.5 Å². The summed E-state index contributed by atoms with van der Waals surface area (Å²) in [6.07, 6.45) is 0.0812. The lowest BCUT2D eigenvalue weighted by Gasteiger charge is -2.42. The number of hydrogen-bond acceptors (Lipinski definition) is 2. The maximum Gasteiger partial charge on any atom is 0.0732 e. The van der Waals surface area contributed by atoms with Gasteiger partial charge in [0.2, 0.25) is 0 Å². The molecule has 0 saturated heterocycles. The van der Waals surface area contributed by atoms with Crippen molar-refractivity contribution in [3.8, 4) is 11.1 Å². The second-order valence-corrected chi connectivity index (χ2v) is 6.16. The average Bonchev–Trinajstić information content (AvgIpc) is 2.87. The Balaban J connectivity index is 2.29. The van der Waals surface area contributed by atoms with Gasteiger partial charge in [0.1, 0.15) is 0 Å². The summed E-state index contributed by atoms with van der Waals surface area (Å²) in [4.78, 5) is 0. The van der Waals surface area contributed by atoms with Crippen molar-refractivity contribution < 1.29 is 9.47 Å². The van der Waals surface area contributed by atoms with Crippen LogP contribution in [-0.4, -0.2) is 25.4 Å². The Morgan fingerprint density at radius 2 is 1.13 bits per heavy atom. The molecule has 0 aliphatic heterocycles. The van der Waals surface area contributed by atoms with E-state index in [1.807, 2.05) is 0 Å². The van der Waals surface area contributed by atoms with Crippen LogP contribution in [0.3, 0.4) is 0 Å². The molecule has 0 spiro atoms. The summed E-state index contributed by atoms with van der Waals surface area (Å²) in [5, 5.41) is 0. The standard InChI is InChI=1S/C21H26O2/c1-5-22-15(3)21(16(4)23-6-2)19-13-9-7-11-17(19)18-12-8-10-14-20(18)21/h7-16H,5-6H2,1-4H3. The fourth-order valence-corrected chi connectivity index (χ4v) is 4.27. The van der Waals surface area contributed by atoms with Crippen molar-refractivity contribution in [1.82, 2.24) is 0 Å². The van der Waals surface area contributed by atoms with E-state index < -0.39 is 0 Å². The van der Waals surface area contributed by atoms with Crippen molar-refractivity contribution in [1.29, 1.82) is 0 Å². The first-order chi connectivity index (χ1) is 11.2. The molecule has 3 rings (SSSR count). The van der Waals surface area contributed by atoms with Crippen molar-refractivity contribution in [2.24, 2.45) is 0 Å². The van der Waals surface area contributed by atoms with Crippen LogP contribution in [0.2, 0.25) is 0 Å². The second kappa shape index (κ2) is 6.46. The quantitative estimate of drug-likeness (QED) is 0.763. The maximum absolute atomic E-state index is 6.13. The molecule has 1 aliphatic carbocycles. The lowest BCUT2D eigenvalue weighted by atomic mass is 9.70. The molecule has 0 bridgehead atoms. The lowest BCUT2D eigenvalue weighted by Crippen LogP contribution is -2.49. The van der Waals surface area contributed by atoms with Gasteiger partial charge in [0.05, 0.1) is 17.6 Å². The lowest BCUT2D eigenvalue weighted by molar-refractivity contribution is -0.0482. The Bertz CT molecular complexity index is 618. The smallest absolute Gasteiger partial charge is 0.0732 e. The molecule has 122 valence electrons. The predicted molar refractivity (Wildman–Crippen MR) is 94.8 cm³/mol. The molecule has 2 nitrogen and oxygen atoms in total. The van der Waals surface area contributed by atoms with Crippen molar-refractivity contribution in [3.05, 3.63) is 59.7 Å². The number of rotatable bonds is 6. The van der Waals surface area contributed by atoms with Gasteiger partial charge >= 0.3 is 0 Å². The molecular formula is C21H26O2. The minimum Gasteiger partial charge on any atom is -0.377 e. The molecule has 2 atom stereocenters. The van der Waals surface area contributed by atoms with Gasteiger partial charge in [-0.2, -0.15) is 0 Å². The minimum atomic E-state index is -0.265.